The lowest BCUT2D eigenvalue weighted by Gasteiger charge is -2.27. The molecule has 5 heteroatoms. The Morgan fingerprint density at radius 2 is 1.18 bits per heavy atom. The minimum absolute atomic E-state index is 0.153. The Hall–Kier alpha value is -6.20. The molecule has 5 nitrogen and oxygen atoms in total. The lowest BCUT2D eigenvalue weighted by atomic mass is 10.0. The summed E-state index contributed by atoms with van der Waals surface area (Å²) < 4.78 is 6.28. The number of benzene rings is 5. The minimum atomic E-state index is 0.153. The Morgan fingerprint density at radius 3 is 1.96 bits per heavy atom. The number of hydrogen-bond acceptors (Lipinski definition) is 5. The second-order valence-electron chi connectivity index (χ2n) is 10.5. The van der Waals surface area contributed by atoms with Crippen molar-refractivity contribution in [2.24, 2.45) is 0 Å². The van der Waals surface area contributed by atoms with Gasteiger partial charge in [-0.3, -0.25) is 4.90 Å². The first kappa shape index (κ1) is 27.6. The Kier molecular flexibility index (Phi) is 7.72. The number of aromatic hydroxyl groups is 1. The van der Waals surface area contributed by atoms with Crippen LogP contribution in [-0.2, 0) is 0 Å². The van der Waals surface area contributed by atoms with Gasteiger partial charge >= 0.3 is 0 Å². The molecule has 0 saturated heterocycles. The predicted molar refractivity (Wildman–Crippen MR) is 181 cm³/mol. The van der Waals surface area contributed by atoms with Gasteiger partial charge in [0, 0.05) is 40.7 Å². The van der Waals surface area contributed by atoms with E-state index >= 15 is 0 Å². The van der Waals surface area contributed by atoms with E-state index in [2.05, 4.69) is 59.5 Å². The molecular formula is C40H29N3O2. The normalized spacial score (nSPS) is 10.8. The van der Waals surface area contributed by atoms with Crippen molar-refractivity contribution in [2.45, 2.75) is 0 Å². The summed E-state index contributed by atoms with van der Waals surface area (Å²) in [6, 6.07) is 53.5. The molecule has 0 radical (unpaired) electrons. The number of phenolic OH excluding ortho intramolecular Hbond substituents is 1. The van der Waals surface area contributed by atoms with Crippen LogP contribution >= 0.6 is 0 Å². The summed E-state index contributed by atoms with van der Waals surface area (Å²) in [6.45, 7) is 0. The van der Waals surface area contributed by atoms with E-state index in [9.17, 15) is 5.11 Å². The molecule has 1 N–H and O–H groups in total. The van der Waals surface area contributed by atoms with Gasteiger partial charge in [0.2, 0.25) is 0 Å². The zero-order valence-electron chi connectivity index (χ0n) is 24.4. The van der Waals surface area contributed by atoms with Crippen LogP contribution in [0.15, 0.2) is 170 Å². The van der Waals surface area contributed by atoms with Crippen LogP contribution in [0.5, 0.6) is 17.2 Å². The molecule has 0 bridgehead atoms. The predicted octanol–water partition coefficient (Wildman–Crippen LogP) is 10.4. The van der Waals surface area contributed by atoms with Crippen molar-refractivity contribution in [3.63, 3.8) is 0 Å². The van der Waals surface area contributed by atoms with E-state index < -0.39 is 0 Å². The molecule has 2 aromatic heterocycles. The molecule has 45 heavy (non-hydrogen) atoms. The van der Waals surface area contributed by atoms with Crippen LogP contribution in [-0.4, -0.2) is 15.1 Å². The number of aromatic nitrogens is 2. The quantitative estimate of drug-likeness (QED) is 0.193. The summed E-state index contributed by atoms with van der Waals surface area (Å²) in [7, 11) is 0. The van der Waals surface area contributed by atoms with Crippen LogP contribution in [0, 0.1) is 0 Å². The molecular weight excluding hydrogens is 554 g/mol. The number of para-hydroxylation sites is 3. The highest BCUT2D eigenvalue weighted by molar-refractivity contribution is 5.88. The molecule has 5 aromatic carbocycles. The van der Waals surface area contributed by atoms with Gasteiger partial charge in [0.05, 0.1) is 17.1 Å². The molecule has 0 saturated carbocycles. The average Bonchev–Trinajstić information content (AvgIpc) is 3.10. The van der Waals surface area contributed by atoms with Crippen molar-refractivity contribution in [1.29, 1.82) is 0 Å². The maximum Gasteiger partial charge on any atom is 0.137 e. The fourth-order valence-electron chi connectivity index (χ4n) is 5.38. The molecule has 0 aliphatic carbocycles. The molecule has 0 spiro atoms. The van der Waals surface area contributed by atoms with Gasteiger partial charge in [-0.15, -0.1) is 0 Å². The van der Waals surface area contributed by atoms with E-state index in [-0.39, 0.29) is 5.75 Å². The van der Waals surface area contributed by atoms with Gasteiger partial charge in [-0.1, -0.05) is 97.1 Å². The Bertz CT molecular complexity index is 2050. The first-order chi connectivity index (χ1) is 22.2. The van der Waals surface area contributed by atoms with Crippen LogP contribution < -0.4 is 9.64 Å². The lowest BCUT2D eigenvalue weighted by molar-refractivity contribution is 0.476. The molecule has 216 valence electrons. The second kappa shape index (κ2) is 12.6. The first-order valence-electron chi connectivity index (χ1n) is 14.7. The average molecular weight is 584 g/mol. The molecule has 0 fully saturated rings. The third-order valence-corrected chi connectivity index (χ3v) is 7.47. The maximum absolute atomic E-state index is 10.7. The monoisotopic (exact) mass is 583 g/mol. The van der Waals surface area contributed by atoms with Crippen LogP contribution in [0.3, 0.4) is 0 Å². The third-order valence-electron chi connectivity index (χ3n) is 7.47. The number of nitrogens with zero attached hydrogens (tertiary/aromatic N) is 3. The molecule has 0 aliphatic heterocycles. The van der Waals surface area contributed by atoms with Crippen LogP contribution in [0.2, 0.25) is 0 Å². The minimum Gasteiger partial charge on any atom is -0.507 e. The van der Waals surface area contributed by atoms with E-state index in [0.717, 1.165) is 33.9 Å². The number of rotatable bonds is 8. The lowest BCUT2D eigenvalue weighted by Crippen LogP contribution is -2.12. The highest BCUT2D eigenvalue weighted by Crippen LogP contribution is 2.41. The molecule has 0 unspecified atom stereocenters. The van der Waals surface area contributed by atoms with Gasteiger partial charge in [-0.25, -0.2) is 9.97 Å². The van der Waals surface area contributed by atoms with Crippen molar-refractivity contribution in [1.82, 2.24) is 9.97 Å². The topological polar surface area (TPSA) is 58.5 Å². The van der Waals surface area contributed by atoms with E-state index in [1.807, 2.05) is 103 Å². The van der Waals surface area contributed by atoms with Crippen LogP contribution in [0.4, 0.5) is 17.2 Å². The van der Waals surface area contributed by atoms with Gasteiger partial charge in [-0.2, -0.15) is 0 Å². The number of pyridine rings is 2. The highest BCUT2D eigenvalue weighted by atomic mass is 16.5. The van der Waals surface area contributed by atoms with E-state index in [1.165, 1.54) is 0 Å². The van der Waals surface area contributed by atoms with Crippen molar-refractivity contribution >= 4 is 17.2 Å². The third kappa shape index (κ3) is 6.01. The molecule has 7 aromatic rings. The zero-order valence-corrected chi connectivity index (χ0v) is 24.4. The van der Waals surface area contributed by atoms with E-state index in [0.29, 0.717) is 28.5 Å². The number of hydrogen-bond donors (Lipinski definition) is 1. The molecule has 0 amide bonds. The van der Waals surface area contributed by atoms with Crippen molar-refractivity contribution in [3.8, 4) is 50.9 Å². The number of ether oxygens (including phenoxy) is 1. The summed E-state index contributed by atoms with van der Waals surface area (Å²) in [6.07, 6.45) is 1.81. The summed E-state index contributed by atoms with van der Waals surface area (Å²) in [5.41, 5.74) is 6.97. The fraction of sp³-hybridized carbons (Fsp3) is 0. The van der Waals surface area contributed by atoms with Gasteiger partial charge in [0.15, 0.2) is 0 Å². The highest BCUT2D eigenvalue weighted by Gasteiger charge is 2.19. The Balaban J connectivity index is 1.38. The second-order valence-corrected chi connectivity index (χ2v) is 10.5. The smallest absolute Gasteiger partial charge is 0.137 e. The fourth-order valence-corrected chi connectivity index (χ4v) is 5.38. The van der Waals surface area contributed by atoms with Gasteiger partial charge in [0.1, 0.15) is 23.1 Å². The van der Waals surface area contributed by atoms with Crippen LogP contribution in [0.1, 0.15) is 0 Å². The molecule has 0 aliphatic rings. The maximum atomic E-state index is 10.7. The van der Waals surface area contributed by atoms with Crippen molar-refractivity contribution in [3.05, 3.63) is 170 Å². The van der Waals surface area contributed by atoms with Crippen molar-refractivity contribution < 1.29 is 9.84 Å². The number of anilines is 3. The van der Waals surface area contributed by atoms with E-state index in [1.54, 1.807) is 12.1 Å². The SMILES string of the molecule is Oc1ccccc1-c1cc(Oc2ccccc2)cc(-c2cccc(N(c3ccccn3)c3ccccc3-c3ccccc3)c2)n1. The summed E-state index contributed by atoms with van der Waals surface area (Å²) in [5, 5.41) is 10.7. The van der Waals surface area contributed by atoms with Gasteiger partial charge in [0.25, 0.3) is 0 Å². The molecule has 7 rings (SSSR count). The number of phenols is 1. The van der Waals surface area contributed by atoms with Crippen molar-refractivity contribution in [2.75, 3.05) is 4.90 Å². The standard InChI is InChI=1S/C40H29N3O2/c44-39-23-10-8-21-35(39)37-28-33(45-32-18-5-2-6-19-32)27-36(42-37)30-16-13-17-31(26-30)43(40-24-11-12-25-41-40)38-22-9-7-20-34(38)29-14-3-1-4-15-29/h1-28,44H. The summed E-state index contributed by atoms with van der Waals surface area (Å²) in [5.74, 6) is 2.28. The Morgan fingerprint density at radius 1 is 0.511 bits per heavy atom. The summed E-state index contributed by atoms with van der Waals surface area (Å²) in [4.78, 5) is 11.9. The van der Waals surface area contributed by atoms with E-state index in [4.69, 9.17) is 14.7 Å². The largest absolute Gasteiger partial charge is 0.507 e. The molecule has 2 heterocycles. The van der Waals surface area contributed by atoms with Crippen LogP contribution in [0.25, 0.3) is 33.6 Å². The zero-order chi connectivity index (χ0) is 30.4. The summed E-state index contributed by atoms with van der Waals surface area (Å²) >= 11 is 0. The Labute approximate surface area is 262 Å². The molecule has 0 atom stereocenters. The van der Waals surface area contributed by atoms with Gasteiger partial charge in [-0.05, 0) is 60.2 Å². The van der Waals surface area contributed by atoms with Gasteiger partial charge < -0.3 is 9.84 Å². The first-order valence-corrected chi connectivity index (χ1v) is 14.7.